The number of methoxy groups -OCH3 is 1. The Kier molecular flexibility index (Phi) is 4.78. The lowest BCUT2D eigenvalue weighted by atomic mass is 9.95. The molecular weight excluding hydrogens is 342 g/mol. The fraction of sp³-hybridized carbons (Fsp3) is 0.238. The molecule has 0 saturated heterocycles. The van der Waals surface area contributed by atoms with Crippen molar-refractivity contribution in [1.82, 2.24) is 15.1 Å². The van der Waals surface area contributed by atoms with Crippen molar-refractivity contribution < 1.29 is 14.3 Å². The second-order valence-electron chi connectivity index (χ2n) is 6.50. The lowest BCUT2D eigenvalue weighted by molar-refractivity contribution is -0.126. The molecule has 0 spiro atoms. The van der Waals surface area contributed by atoms with Crippen LogP contribution in [0.4, 0.5) is 0 Å². The van der Waals surface area contributed by atoms with Gasteiger partial charge in [-0.25, -0.2) is 4.68 Å². The lowest BCUT2D eigenvalue weighted by Crippen LogP contribution is -2.37. The molecule has 0 bridgehead atoms. The molecule has 138 valence electrons. The van der Waals surface area contributed by atoms with Gasteiger partial charge in [-0.3, -0.25) is 4.79 Å². The lowest BCUT2D eigenvalue weighted by Gasteiger charge is -2.25. The van der Waals surface area contributed by atoms with Gasteiger partial charge < -0.3 is 14.8 Å². The molecule has 1 N–H and O–H groups in total. The van der Waals surface area contributed by atoms with Gasteiger partial charge in [0.15, 0.2) is 11.5 Å². The minimum Gasteiger partial charge on any atom is -0.493 e. The van der Waals surface area contributed by atoms with E-state index in [1.165, 1.54) is 0 Å². The summed E-state index contributed by atoms with van der Waals surface area (Å²) >= 11 is 0. The highest BCUT2D eigenvalue weighted by Crippen LogP contribution is 2.36. The van der Waals surface area contributed by atoms with E-state index in [9.17, 15) is 4.79 Å². The molecule has 4 rings (SSSR count). The molecule has 6 nitrogen and oxygen atoms in total. The normalized spacial score (nSPS) is 15.5. The Balaban J connectivity index is 1.40. The van der Waals surface area contributed by atoms with Crippen molar-refractivity contribution in [3.63, 3.8) is 0 Å². The smallest absolute Gasteiger partial charge is 0.227 e. The Bertz CT molecular complexity index is 938. The van der Waals surface area contributed by atoms with Gasteiger partial charge >= 0.3 is 0 Å². The van der Waals surface area contributed by atoms with Crippen molar-refractivity contribution in [3.05, 3.63) is 72.1 Å². The molecule has 1 atom stereocenters. The molecule has 3 aromatic rings. The van der Waals surface area contributed by atoms with Crippen LogP contribution in [0, 0.1) is 5.92 Å². The predicted molar refractivity (Wildman–Crippen MR) is 101 cm³/mol. The Labute approximate surface area is 157 Å². The van der Waals surface area contributed by atoms with E-state index in [1.54, 1.807) is 18.0 Å². The van der Waals surface area contributed by atoms with Crippen LogP contribution in [0.2, 0.25) is 0 Å². The zero-order valence-corrected chi connectivity index (χ0v) is 15.1. The van der Waals surface area contributed by atoms with Gasteiger partial charge in [-0.2, -0.15) is 5.10 Å². The number of hydrogen-bond acceptors (Lipinski definition) is 4. The third-order valence-electron chi connectivity index (χ3n) is 4.69. The van der Waals surface area contributed by atoms with E-state index >= 15 is 0 Å². The van der Waals surface area contributed by atoms with Crippen LogP contribution in [0.25, 0.3) is 5.69 Å². The maximum atomic E-state index is 12.6. The Morgan fingerprint density at radius 3 is 3.00 bits per heavy atom. The minimum atomic E-state index is -0.209. The van der Waals surface area contributed by atoms with Gasteiger partial charge in [0.25, 0.3) is 0 Å². The fourth-order valence-corrected chi connectivity index (χ4v) is 3.29. The van der Waals surface area contributed by atoms with Gasteiger partial charge in [0.1, 0.15) is 6.61 Å². The predicted octanol–water partition coefficient (Wildman–Crippen LogP) is 2.75. The molecule has 1 aliphatic heterocycles. The second kappa shape index (κ2) is 7.53. The van der Waals surface area contributed by atoms with Crippen molar-refractivity contribution in [1.29, 1.82) is 0 Å². The topological polar surface area (TPSA) is 65.4 Å². The van der Waals surface area contributed by atoms with Crippen LogP contribution >= 0.6 is 0 Å². The number of fused-ring (bicyclic) bond motifs is 1. The van der Waals surface area contributed by atoms with E-state index < -0.39 is 0 Å². The summed E-state index contributed by atoms with van der Waals surface area (Å²) in [5.74, 6) is 1.24. The minimum absolute atomic E-state index is 0.00652. The number of nitrogens with one attached hydrogen (secondary N) is 1. The van der Waals surface area contributed by atoms with E-state index in [1.807, 2.05) is 54.7 Å². The molecule has 1 aromatic heterocycles. The summed E-state index contributed by atoms with van der Waals surface area (Å²) in [7, 11) is 1.62. The first-order valence-corrected chi connectivity index (χ1v) is 8.90. The molecule has 2 aromatic carbocycles. The van der Waals surface area contributed by atoms with E-state index in [-0.39, 0.29) is 11.8 Å². The van der Waals surface area contributed by atoms with Crippen molar-refractivity contribution in [3.8, 4) is 17.2 Å². The van der Waals surface area contributed by atoms with Crippen LogP contribution in [0.1, 0.15) is 11.1 Å². The summed E-state index contributed by atoms with van der Waals surface area (Å²) < 4.78 is 12.9. The Morgan fingerprint density at radius 2 is 2.19 bits per heavy atom. The Hall–Kier alpha value is -3.28. The molecule has 1 amide bonds. The van der Waals surface area contributed by atoms with Crippen LogP contribution in [-0.2, 0) is 17.8 Å². The first-order valence-electron chi connectivity index (χ1n) is 8.90. The highest BCUT2D eigenvalue weighted by atomic mass is 16.5. The molecule has 0 saturated carbocycles. The summed E-state index contributed by atoms with van der Waals surface area (Å²) in [5.41, 5.74) is 2.99. The van der Waals surface area contributed by atoms with Gasteiger partial charge in [0.2, 0.25) is 5.91 Å². The summed E-state index contributed by atoms with van der Waals surface area (Å²) in [4.78, 5) is 12.6. The van der Waals surface area contributed by atoms with Crippen LogP contribution in [-0.4, -0.2) is 29.4 Å². The zero-order chi connectivity index (χ0) is 18.6. The average Bonchev–Trinajstić information content (AvgIpc) is 3.26. The van der Waals surface area contributed by atoms with Crippen molar-refractivity contribution >= 4 is 5.91 Å². The van der Waals surface area contributed by atoms with Crippen molar-refractivity contribution in [2.24, 2.45) is 5.92 Å². The average molecular weight is 363 g/mol. The van der Waals surface area contributed by atoms with E-state index in [0.29, 0.717) is 25.3 Å². The third-order valence-corrected chi connectivity index (χ3v) is 4.69. The van der Waals surface area contributed by atoms with Crippen LogP contribution in [0.5, 0.6) is 11.5 Å². The summed E-state index contributed by atoms with van der Waals surface area (Å²) in [6, 6.07) is 15.6. The quantitative estimate of drug-likeness (QED) is 0.757. The van der Waals surface area contributed by atoms with Gasteiger partial charge in [0.05, 0.1) is 18.7 Å². The first kappa shape index (κ1) is 17.1. The monoisotopic (exact) mass is 363 g/mol. The summed E-state index contributed by atoms with van der Waals surface area (Å²) in [5, 5.41) is 7.26. The van der Waals surface area contributed by atoms with Crippen LogP contribution in [0.3, 0.4) is 0 Å². The van der Waals surface area contributed by atoms with Crippen LogP contribution < -0.4 is 14.8 Å². The number of aromatic nitrogens is 2. The molecule has 0 fully saturated rings. The highest BCUT2D eigenvalue weighted by molar-refractivity contribution is 5.79. The molecular formula is C21H21N3O3. The zero-order valence-electron chi connectivity index (χ0n) is 15.1. The number of ether oxygens (including phenoxy) is 2. The first-order chi connectivity index (χ1) is 13.2. The number of carbonyl (C=O) groups excluding carboxylic acids is 1. The molecule has 27 heavy (non-hydrogen) atoms. The number of carbonyl (C=O) groups is 1. The van der Waals surface area contributed by atoms with Gasteiger partial charge in [-0.15, -0.1) is 0 Å². The van der Waals surface area contributed by atoms with Gasteiger partial charge in [0, 0.05) is 18.9 Å². The van der Waals surface area contributed by atoms with Crippen LogP contribution in [0.15, 0.2) is 60.9 Å². The number of para-hydroxylation sites is 1. The summed E-state index contributed by atoms with van der Waals surface area (Å²) in [6.07, 6.45) is 4.28. The summed E-state index contributed by atoms with van der Waals surface area (Å²) in [6.45, 7) is 0.821. The maximum Gasteiger partial charge on any atom is 0.227 e. The second-order valence-corrected chi connectivity index (χ2v) is 6.50. The number of nitrogens with zero attached hydrogens (tertiary/aromatic N) is 2. The molecule has 0 unspecified atom stereocenters. The van der Waals surface area contributed by atoms with E-state index in [4.69, 9.17) is 9.47 Å². The molecule has 0 aliphatic carbocycles. The van der Waals surface area contributed by atoms with Gasteiger partial charge in [-0.05, 0) is 41.8 Å². The van der Waals surface area contributed by atoms with E-state index in [0.717, 1.165) is 22.6 Å². The maximum absolute atomic E-state index is 12.6. The van der Waals surface area contributed by atoms with Crippen molar-refractivity contribution in [2.45, 2.75) is 13.0 Å². The third kappa shape index (κ3) is 3.65. The number of rotatable bonds is 5. The Morgan fingerprint density at radius 1 is 1.30 bits per heavy atom. The standard InChI is InChI=1S/C21H21N3O3/c1-26-19-8-3-6-16-12-17(14-27-20(16)19)21(25)22-13-15-5-2-7-18(11-15)24-10-4-9-23-24/h2-11,17H,12-14H2,1H3,(H,22,25)/t17-/m1/s1. The number of amides is 1. The largest absolute Gasteiger partial charge is 0.493 e. The number of benzene rings is 2. The number of hydrogen-bond donors (Lipinski definition) is 1. The molecule has 0 radical (unpaired) electrons. The van der Waals surface area contributed by atoms with E-state index in [2.05, 4.69) is 10.4 Å². The molecule has 1 aliphatic rings. The fourth-order valence-electron chi connectivity index (χ4n) is 3.29. The van der Waals surface area contributed by atoms with Gasteiger partial charge in [-0.1, -0.05) is 24.3 Å². The molecule has 2 heterocycles. The highest BCUT2D eigenvalue weighted by Gasteiger charge is 2.27. The SMILES string of the molecule is COc1cccc2c1OC[C@H](C(=O)NCc1cccc(-n3cccn3)c1)C2. The molecule has 6 heteroatoms. The van der Waals surface area contributed by atoms with Crippen molar-refractivity contribution in [2.75, 3.05) is 13.7 Å².